The third-order valence-corrected chi connectivity index (χ3v) is 3.59. The highest BCUT2D eigenvalue weighted by molar-refractivity contribution is 9.10. The Kier molecular flexibility index (Phi) is 5.02. The van der Waals surface area contributed by atoms with E-state index in [1.165, 1.54) is 5.56 Å². The van der Waals surface area contributed by atoms with Crippen molar-refractivity contribution in [1.29, 1.82) is 0 Å². The van der Waals surface area contributed by atoms with Gasteiger partial charge in [0.05, 0.1) is 6.26 Å². The van der Waals surface area contributed by atoms with Crippen molar-refractivity contribution in [3.8, 4) is 0 Å². The number of halogens is 1. The van der Waals surface area contributed by atoms with Gasteiger partial charge in [0.2, 0.25) is 0 Å². The Morgan fingerprint density at radius 3 is 2.83 bits per heavy atom. The van der Waals surface area contributed by atoms with Crippen molar-refractivity contribution in [3.05, 3.63) is 58.5 Å². The van der Waals surface area contributed by atoms with Gasteiger partial charge in [0.1, 0.15) is 5.76 Å². The van der Waals surface area contributed by atoms with E-state index in [1.54, 1.807) is 6.26 Å². The summed E-state index contributed by atoms with van der Waals surface area (Å²) in [6, 6.07) is 12.9. The summed E-state index contributed by atoms with van der Waals surface area (Å²) in [7, 11) is 2.02. The third-order valence-electron chi connectivity index (χ3n) is 3.10. The first kappa shape index (κ1) is 13.4. The average molecular weight is 308 g/mol. The van der Waals surface area contributed by atoms with Crippen LogP contribution < -0.4 is 5.32 Å². The maximum Gasteiger partial charge on any atom is 0.103 e. The van der Waals surface area contributed by atoms with Crippen molar-refractivity contribution in [2.24, 2.45) is 0 Å². The van der Waals surface area contributed by atoms with Gasteiger partial charge in [-0.15, -0.1) is 0 Å². The van der Waals surface area contributed by atoms with E-state index in [-0.39, 0.29) is 0 Å². The van der Waals surface area contributed by atoms with Crippen LogP contribution >= 0.6 is 15.9 Å². The van der Waals surface area contributed by atoms with E-state index in [0.29, 0.717) is 6.04 Å². The van der Waals surface area contributed by atoms with Crippen LogP contribution in [0.15, 0.2) is 51.6 Å². The van der Waals surface area contributed by atoms with Gasteiger partial charge in [0.25, 0.3) is 0 Å². The largest absolute Gasteiger partial charge is 0.469 e. The lowest BCUT2D eigenvalue weighted by Gasteiger charge is -2.15. The first-order valence-electron chi connectivity index (χ1n) is 6.22. The van der Waals surface area contributed by atoms with Gasteiger partial charge in [-0.05, 0) is 49.7 Å². The molecule has 0 fully saturated rings. The number of aryl methyl sites for hydroxylation is 1. The summed E-state index contributed by atoms with van der Waals surface area (Å²) in [4.78, 5) is 0. The smallest absolute Gasteiger partial charge is 0.103 e. The van der Waals surface area contributed by atoms with Crippen molar-refractivity contribution in [3.63, 3.8) is 0 Å². The number of furan rings is 1. The molecule has 96 valence electrons. The molecule has 1 unspecified atom stereocenters. The zero-order valence-corrected chi connectivity index (χ0v) is 12.1. The van der Waals surface area contributed by atoms with Crippen LogP contribution in [0.2, 0.25) is 0 Å². The second kappa shape index (κ2) is 6.76. The van der Waals surface area contributed by atoms with Crippen molar-refractivity contribution >= 4 is 15.9 Å². The van der Waals surface area contributed by atoms with Gasteiger partial charge in [0.15, 0.2) is 0 Å². The van der Waals surface area contributed by atoms with Crippen molar-refractivity contribution in [1.82, 2.24) is 5.32 Å². The normalized spacial score (nSPS) is 12.6. The minimum Gasteiger partial charge on any atom is -0.469 e. The molecule has 18 heavy (non-hydrogen) atoms. The number of benzene rings is 1. The molecule has 0 radical (unpaired) electrons. The predicted molar refractivity (Wildman–Crippen MR) is 77.7 cm³/mol. The summed E-state index contributed by atoms with van der Waals surface area (Å²) in [5.41, 5.74) is 1.35. The zero-order chi connectivity index (χ0) is 12.8. The number of nitrogens with one attached hydrogen (secondary N) is 1. The molecule has 2 nitrogen and oxygen atoms in total. The molecule has 0 saturated heterocycles. The Balaban J connectivity index is 1.89. The van der Waals surface area contributed by atoms with Gasteiger partial charge in [-0.2, -0.15) is 0 Å². The van der Waals surface area contributed by atoms with E-state index < -0.39 is 0 Å². The van der Waals surface area contributed by atoms with Crippen LogP contribution in [-0.4, -0.2) is 13.1 Å². The highest BCUT2D eigenvalue weighted by Gasteiger charge is 2.08. The van der Waals surface area contributed by atoms with E-state index >= 15 is 0 Å². The Bertz CT molecular complexity index is 467. The lowest BCUT2D eigenvalue weighted by Crippen LogP contribution is -2.28. The monoisotopic (exact) mass is 307 g/mol. The third kappa shape index (κ3) is 4.00. The molecule has 0 saturated carbocycles. The average Bonchev–Trinajstić information content (AvgIpc) is 2.87. The Labute approximate surface area is 117 Å². The molecule has 1 aromatic heterocycles. The van der Waals surface area contributed by atoms with Gasteiger partial charge < -0.3 is 9.73 Å². The summed E-state index contributed by atoms with van der Waals surface area (Å²) in [5.74, 6) is 1.06. The highest BCUT2D eigenvalue weighted by Crippen LogP contribution is 2.15. The first-order chi connectivity index (χ1) is 8.78. The van der Waals surface area contributed by atoms with E-state index in [0.717, 1.165) is 29.5 Å². The van der Waals surface area contributed by atoms with Gasteiger partial charge in [-0.25, -0.2) is 0 Å². The topological polar surface area (TPSA) is 25.2 Å². The summed E-state index contributed by atoms with van der Waals surface area (Å²) in [5, 5.41) is 3.38. The van der Waals surface area contributed by atoms with Crippen LogP contribution in [-0.2, 0) is 12.8 Å². The van der Waals surface area contributed by atoms with Crippen LogP contribution in [0.1, 0.15) is 17.7 Å². The summed E-state index contributed by atoms with van der Waals surface area (Å²) in [6.07, 6.45) is 4.83. The van der Waals surface area contributed by atoms with E-state index in [9.17, 15) is 0 Å². The number of hydrogen-bond donors (Lipinski definition) is 1. The van der Waals surface area contributed by atoms with E-state index in [2.05, 4.69) is 45.5 Å². The van der Waals surface area contributed by atoms with E-state index in [1.807, 2.05) is 19.2 Å². The van der Waals surface area contributed by atoms with Gasteiger partial charge >= 0.3 is 0 Å². The fourth-order valence-corrected chi connectivity index (χ4v) is 2.51. The fourth-order valence-electron chi connectivity index (χ4n) is 2.07. The standard InChI is InChI=1S/C15H18BrNO/c1-17-14(7-8-15-6-3-9-18-15)11-12-4-2-5-13(16)10-12/h2-6,9-10,14,17H,7-8,11H2,1H3. The Hall–Kier alpha value is -1.06. The highest BCUT2D eigenvalue weighted by atomic mass is 79.9. The maximum atomic E-state index is 5.36. The summed E-state index contributed by atoms with van der Waals surface area (Å²) in [6.45, 7) is 0. The minimum atomic E-state index is 0.476. The molecular weight excluding hydrogens is 290 g/mol. The van der Waals surface area contributed by atoms with Crippen LogP contribution in [0.5, 0.6) is 0 Å². The second-order valence-electron chi connectivity index (χ2n) is 4.44. The molecular formula is C15H18BrNO. The molecule has 0 bridgehead atoms. The Morgan fingerprint density at radius 1 is 1.28 bits per heavy atom. The summed E-state index contributed by atoms with van der Waals surface area (Å²) < 4.78 is 6.50. The molecule has 1 heterocycles. The molecule has 0 aliphatic heterocycles. The Morgan fingerprint density at radius 2 is 2.17 bits per heavy atom. The van der Waals surface area contributed by atoms with Crippen molar-refractivity contribution < 1.29 is 4.42 Å². The zero-order valence-electron chi connectivity index (χ0n) is 10.5. The molecule has 0 amide bonds. The molecule has 3 heteroatoms. The van der Waals surface area contributed by atoms with Crippen LogP contribution in [0.4, 0.5) is 0 Å². The van der Waals surface area contributed by atoms with E-state index in [4.69, 9.17) is 4.42 Å². The fraction of sp³-hybridized carbons (Fsp3) is 0.333. The number of hydrogen-bond acceptors (Lipinski definition) is 2. The van der Waals surface area contributed by atoms with Gasteiger partial charge in [-0.3, -0.25) is 0 Å². The predicted octanol–water partition coefficient (Wildman–Crippen LogP) is 3.81. The number of rotatable bonds is 6. The molecule has 2 aromatic rings. The molecule has 0 aliphatic rings. The SMILES string of the molecule is CNC(CCc1ccco1)Cc1cccc(Br)c1. The molecule has 0 aliphatic carbocycles. The minimum absolute atomic E-state index is 0.476. The van der Waals surface area contributed by atoms with Crippen LogP contribution in [0.3, 0.4) is 0 Å². The molecule has 1 atom stereocenters. The van der Waals surface area contributed by atoms with Crippen LogP contribution in [0, 0.1) is 0 Å². The number of likely N-dealkylation sites (N-methyl/N-ethyl adjacent to an activating group) is 1. The lowest BCUT2D eigenvalue weighted by molar-refractivity contribution is 0.460. The lowest BCUT2D eigenvalue weighted by atomic mass is 10.0. The summed E-state index contributed by atoms with van der Waals surface area (Å²) >= 11 is 3.51. The van der Waals surface area contributed by atoms with Crippen LogP contribution in [0.25, 0.3) is 0 Å². The van der Waals surface area contributed by atoms with Crippen molar-refractivity contribution in [2.45, 2.75) is 25.3 Å². The molecule has 1 aromatic carbocycles. The van der Waals surface area contributed by atoms with Gasteiger partial charge in [-0.1, -0.05) is 28.1 Å². The molecule has 1 N–H and O–H groups in total. The second-order valence-corrected chi connectivity index (χ2v) is 5.35. The van der Waals surface area contributed by atoms with Gasteiger partial charge in [0, 0.05) is 16.9 Å². The molecule has 2 rings (SSSR count). The quantitative estimate of drug-likeness (QED) is 0.878. The molecule has 0 spiro atoms. The maximum absolute atomic E-state index is 5.36. The van der Waals surface area contributed by atoms with Crippen molar-refractivity contribution in [2.75, 3.05) is 7.05 Å². The first-order valence-corrected chi connectivity index (χ1v) is 7.01.